The highest BCUT2D eigenvalue weighted by atomic mass is 19.4. The zero-order valence-electron chi connectivity index (χ0n) is 8.23. The SMILES string of the molecule is CC(C)(O)C(F)(F)F.CC1OC1(F)F.F. The second kappa shape index (κ2) is 4.56. The van der Waals surface area contributed by atoms with E-state index in [0.717, 1.165) is 0 Å². The van der Waals surface area contributed by atoms with E-state index < -0.39 is 24.0 Å². The van der Waals surface area contributed by atoms with E-state index in [0.29, 0.717) is 13.8 Å². The fourth-order valence-electron chi connectivity index (χ4n) is 0.202. The van der Waals surface area contributed by atoms with Crippen molar-refractivity contribution in [3.8, 4) is 0 Å². The van der Waals surface area contributed by atoms with Gasteiger partial charge in [-0.15, -0.1) is 0 Å². The highest BCUT2D eigenvalue weighted by Gasteiger charge is 2.56. The van der Waals surface area contributed by atoms with Gasteiger partial charge in [-0.05, 0) is 20.8 Å². The Kier molecular flexibility index (Phi) is 5.15. The first kappa shape index (κ1) is 16.9. The van der Waals surface area contributed by atoms with Gasteiger partial charge in [0.1, 0.15) is 0 Å². The van der Waals surface area contributed by atoms with Crippen molar-refractivity contribution >= 4 is 0 Å². The molecule has 1 fully saturated rings. The van der Waals surface area contributed by atoms with Crippen LogP contribution in [0, 0.1) is 0 Å². The molecule has 8 heteroatoms. The van der Waals surface area contributed by atoms with E-state index >= 15 is 0 Å². The number of ether oxygens (including phenoxy) is 1. The monoisotopic (exact) mass is 242 g/mol. The van der Waals surface area contributed by atoms with Crippen LogP contribution in [-0.4, -0.2) is 29.1 Å². The van der Waals surface area contributed by atoms with E-state index in [9.17, 15) is 22.0 Å². The van der Waals surface area contributed by atoms with Crippen molar-refractivity contribution in [2.45, 2.75) is 44.8 Å². The molecule has 1 unspecified atom stereocenters. The zero-order chi connectivity index (χ0) is 11.8. The van der Waals surface area contributed by atoms with E-state index in [1.54, 1.807) is 0 Å². The van der Waals surface area contributed by atoms with E-state index in [2.05, 4.69) is 4.74 Å². The van der Waals surface area contributed by atoms with Crippen molar-refractivity contribution in [3.05, 3.63) is 0 Å². The summed E-state index contributed by atoms with van der Waals surface area (Å²) < 4.78 is 60.3. The van der Waals surface area contributed by atoms with Crippen molar-refractivity contribution in [3.63, 3.8) is 0 Å². The van der Waals surface area contributed by atoms with Crippen molar-refractivity contribution in [1.29, 1.82) is 0 Å². The van der Waals surface area contributed by atoms with Gasteiger partial charge < -0.3 is 9.84 Å². The van der Waals surface area contributed by atoms with Crippen LogP contribution in [0.4, 0.5) is 26.7 Å². The first-order valence-electron chi connectivity index (χ1n) is 3.72. The molecule has 0 saturated carbocycles. The Morgan fingerprint density at radius 3 is 1.33 bits per heavy atom. The summed E-state index contributed by atoms with van der Waals surface area (Å²) in [5, 5.41) is 8.23. The van der Waals surface area contributed by atoms with Crippen LogP contribution in [0.15, 0.2) is 0 Å². The number of hydrogen-bond donors (Lipinski definition) is 1. The molecular formula is C7H12F6O2. The maximum Gasteiger partial charge on any atom is 0.416 e. The Balaban J connectivity index is 0. The predicted octanol–water partition coefficient (Wildman–Crippen LogP) is 2.47. The third kappa shape index (κ3) is 5.83. The molecule has 1 saturated heterocycles. The quantitative estimate of drug-likeness (QED) is 0.522. The van der Waals surface area contributed by atoms with Crippen LogP contribution >= 0.6 is 0 Å². The molecule has 0 aromatic rings. The summed E-state index contributed by atoms with van der Waals surface area (Å²) in [5.41, 5.74) is -2.56. The number of epoxide rings is 1. The fraction of sp³-hybridized carbons (Fsp3) is 1.00. The summed E-state index contributed by atoms with van der Waals surface area (Å²) in [5.74, 6) is 0. The number of alkyl halides is 5. The summed E-state index contributed by atoms with van der Waals surface area (Å²) in [6.45, 7) is 2.74. The smallest absolute Gasteiger partial charge is 0.381 e. The Morgan fingerprint density at radius 2 is 1.33 bits per heavy atom. The minimum atomic E-state index is -4.51. The number of hydrogen-bond acceptors (Lipinski definition) is 2. The lowest BCUT2D eigenvalue weighted by Crippen LogP contribution is -2.38. The first-order chi connectivity index (χ1) is 5.88. The van der Waals surface area contributed by atoms with Crippen molar-refractivity contribution in [2.75, 3.05) is 0 Å². The molecule has 0 radical (unpaired) electrons. The largest absolute Gasteiger partial charge is 0.416 e. The van der Waals surface area contributed by atoms with Gasteiger partial charge in [-0.2, -0.15) is 22.0 Å². The Bertz CT molecular complexity index is 183. The van der Waals surface area contributed by atoms with Gasteiger partial charge in [0.2, 0.25) is 0 Å². The highest BCUT2D eigenvalue weighted by Crippen LogP contribution is 2.38. The van der Waals surface area contributed by atoms with Gasteiger partial charge in [0.25, 0.3) is 0 Å². The van der Waals surface area contributed by atoms with Crippen molar-refractivity contribution in [2.24, 2.45) is 0 Å². The van der Waals surface area contributed by atoms with Crippen LogP contribution in [0.25, 0.3) is 0 Å². The summed E-state index contributed by atoms with van der Waals surface area (Å²) >= 11 is 0. The van der Waals surface area contributed by atoms with E-state index in [1.807, 2.05) is 0 Å². The maximum absolute atomic E-state index is 11.3. The van der Waals surface area contributed by atoms with E-state index in [-0.39, 0.29) is 4.70 Å². The zero-order valence-corrected chi connectivity index (χ0v) is 8.23. The molecule has 0 bridgehead atoms. The maximum atomic E-state index is 11.3. The molecular weight excluding hydrogens is 230 g/mol. The minimum absolute atomic E-state index is 0. The molecule has 94 valence electrons. The van der Waals surface area contributed by atoms with Crippen LogP contribution in [0.2, 0.25) is 0 Å². The Hall–Kier alpha value is -0.500. The predicted molar refractivity (Wildman–Crippen MR) is 40.3 cm³/mol. The molecule has 1 N–H and O–H groups in total. The number of aliphatic hydroxyl groups is 1. The number of rotatable bonds is 0. The second-order valence-corrected chi connectivity index (χ2v) is 3.38. The molecule has 0 aromatic carbocycles. The van der Waals surface area contributed by atoms with Gasteiger partial charge in [-0.25, -0.2) is 0 Å². The lowest BCUT2D eigenvalue weighted by Gasteiger charge is -2.20. The summed E-state index contributed by atoms with van der Waals surface area (Å²) in [4.78, 5) is 0. The molecule has 1 aliphatic heterocycles. The van der Waals surface area contributed by atoms with Crippen molar-refractivity contribution in [1.82, 2.24) is 0 Å². The Labute approximate surface area is 82.4 Å². The van der Waals surface area contributed by atoms with Gasteiger partial charge in [-0.3, -0.25) is 4.70 Å². The molecule has 0 amide bonds. The lowest BCUT2D eigenvalue weighted by atomic mass is 10.1. The third-order valence-corrected chi connectivity index (χ3v) is 1.44. The molecule has 1 atom stereocenters. The molecule has 0 aromatic heterocycles. The van der Waals surface area contributed by atoms with Crippen LogP contribution < -0.4 is 0 Å². The molecule has 1 aliphatic rings. The standard InChI is InChI=1S/C4H7F3O.C3H4F2O.FH/c1-3(2,8)4(5,6)7;1-2-3(4,5)6-2;/h8H,1-2H3;2H,1H3;1H. The molecule has 15 heavy (non-hydrogen) atoms. The van der Waals surface area contributed by atoms with E-state index in [4.69, 9.17) is 5.11 Å². The molecule has 1 rings (SSSR count). The van der Waals surface area contributed by atoms with E-state index in [1.165, 1.54) is 6.92 Å². The third-order valence-electron chi connectivity index (χ3n) is 1.44. The van der Waals surface area contributed by atoms with Crippen LogP contribution in [-0.2, 0) is 4.74 Å². The average Bonchev–Trinajstić information content (AvgIpc) is 2.32. The average molecular weight is 242 g/mol. The van der Waals surface area contributed by atoms with Crippen LogP contribution in [0.1, 0.15) is 20.8 Å². The molecule has 2 nitrogen and oxygen atoms in total. The first-order valence-corrected chi connectivity index (χ1v) is 3.72. The molecule has 1 heterocycles. The summed E-state index contributed by atoms with van der Waals surface area (Å²) in [7, 11) is 0. The Morgan fingerprint density at radius 1 is 1.20 bits per heavy atom. The second-order valence-electron chi connectivity index (χ2n) is 3.38. The normalized spacial score (nSPS) is 23.4. The minimum Gasteiger partial charge on any atom is -0.381 e. The van der Waals surface area contributed by atoms with Gasteiger partial charge in [-0.1, -0.05) is 0 Å². The fourth-order valence-corrected chi connectivity index (χ4v) is 0.202. The van der Waals surface area contributed by atoms with Crippen molar-refractivity contribution < 1.29 is 36.5 Å². The molecule has 0 aliphatic carbocycles. The van der Waals surface area contributed by atoms with Gasteiger partial charge >= 0.3 is 12.3 Å². The van der Waals surface area contributed by atoms with Gasteiger partial charge in [0.15, 0.2) is 11.7 Å². The number of halogens is 6. The van der Waals surface area contributed by atoms with Crippen LogP contribution in [0.3, 0.4) is 0 Å². The highest BCUT2D eigenvalue weighted by molar-refractivity contribution is 4.77. The summed E-state index contributed by atoms with van der Waals surface area (Å²) in [6.07, 6.45) is -8.13. The lowest BCUT2D eigenvalue weighted by molar-refractivity contribution is -0.245. The van der Waals surface area contributed by atoms with Crippen LogP contribution in [0.5, 0.6) is 0 Å². The van der Waals surface area contributed by atoms with Gasteiger partial charge in [0.05, 0.1) is 0 Å². The molecule has 0 spiro atoms. The summed E-state index contributed by atoms with van der Waals surface area (Å²) in [6, 6.07) is 0. The van der Waals surface area contributed by atoms with Gasteiger partial charge in [0, 0.05) is 0 Å². The topological polar surface area (TPSA) is 32.8 Å².